The fourth-order valence-corrected chi connectivity index (χ4v) is 4.98. The molecular weight excluding hydrogens is 368 g/mol. The van der Waals surface area contributed by atoms with Crippen LogP contribution in [0.25, 0.3) is 0 Å². The summed E-state index contributed by atoms with van der Waals surface area (Å²) in [5.74, 6) is 3.30. The number of β-amino-alcohol motifs (C(OH)–C–C–N with tert-alkyl or cyclic N) is 1. The highest BCUT2D eigenvalue weighted by Gasteiger charge is 2.19. The van der Waals surface area contributed by atoms with E-state index in [1.54, 1.807) is 0 Å². The van der Waals surface area contributed by atoms with E-state index in [4.69, 9.17) is 4.74 Å². The summed E-state index contributed by atoms with van der Waals surface area (Å²) in [6, 6.07) is 16.9. The van der Waals surface area contributed by atoms with Gasteiger partial charge in [-0.1, -0.05) is 36.4 Å². The van der Waals surface area contributed by atoms with Gasteiger partial charge in [0.1, 0.15) is 18.5 Å². The number of fused-ring (bicyclic) bond motifs is 1. The molecule has 2 aliphatic rings. The molecule has 0 bridgehead atoms. The zero-order valence-corrected chi connectivity index (χ0v) is 17.2. The van der Waals surface area contributed by atoms with Gasteiger partial charge in [0.05, 0.1) is 0 Å². The Labute approximate surface area is 172 Å². The molecule has 0 saturated carbocycles. The second-order valence-corrected chi connectivity index (χ2v) is 8.98. The first-order valence-electron chi connectivity index (χ1n) is 10.3. The van der Waals surface area contributed by atoms with E-state index in [-0.39, 0.29) is 0 Å². The van der Waals surface area contributed by atoms with Crippen molar-refractivity contribution in [3.63, 3.8) is 0 Å². The second-order valence-electron chi connectivity index (χ2n) is 7.75. The molecule has 1 atom stereocenters. The molecule has 4 rings (SSSR count). The van der Waals surface area contributed by atoms with Crippen LogP contribution in [-0.4, -0.2) is 65.3 Å². The van der Waals surface area contributed by atoms with Gasteiger partial charge in [-0.15, -0.1) is 0 Å². The van der Waals surface area contributed by atoms with Crippen LogP contribution in [0.2, 0.25) is 0 Å². The van der Waals surface area contributed by atoms with Crippen molar-refractivity contribution in [2.24, 2.45) is 0 Å². The number of hydrogen-bond acceptors (Lipinski definition) is 5. The van der Waals surface area contributed by atoms with Gasteiger partial charge >= 0.3 is 0 Å². The lowest BCUT2D eigenvalue weighted by atomic mass is 10.00. The average Bonchev–Trinajstić information content (AvgIpc) is 2.73. The van der Waals surface area contributed by atoms with Gasteiger partial charge in [-0.25, -0.2) is 0 Å². The normalized spacial score (nSPS) is 19.2. The topological polar surface area (TPSA) is 35.9 Å². The molecule has 4 nitrogen and oxygen atoms in total. The molecule has 1 saturated heterocycles. The zero-order chi connectivity index (χ0) is 19.2. The van der Waals surface area contributed by atoms with Crippen molar-refractivity contribution < 1.29 is 9.84 Å². The molecule has 2 aliphatic heterocycles. The summed E-state index contributed by atoms with van der Waals surface area (Å²) in [6.07, 6.45) is 0.578. The molecule has 0 radical (unpaired) electrons. The number of thioether (sulfide) groups is 1. The van der Waals surface area contributed by atoms with Crippen LogP contribution in [-0.2, 0) is 19.5 Å². The Kier molecular flexibility index (Phi) is 6.91. The number of benzene rings is 2. The molecule has 1 unspecified atom stereocenters. The highest BCUT2D eigenvalue weighted by Crippen LogP contribution is 2.20. The van der Waals surface area contributed by atoms with Crippen molar-refractivity contribution in [3.8, 4) is 5.75 Å². The van der Waals surface area contributed by atoms with E-state index in [0.717, 1.165) is 44.9 Å². The van der Waals surface area contributed by atoms with Crippen LogP contribution in [0.5, 0.6) is 5.75 Å². The zero-order valence-electron chi connectivity index (χ0n) is 16.4. The first-order chi connectivity index (χ1) is 13.8. The maximum atomic E-state index is 10.5. The lowest BCUT2D eigenvalue weighted by Crippen LogP contribution is -2.38. The average molecular weight is 399 g/mol. The van der Waals surface area contributed by atoms with Gasteiger partial charge in [0.15, 0.2) is 0 Å². The Morgan fingerprint density at radius 2 is 1.79 bits per heavy atom. The maximum Gasteiger partial charge on any atom is 0.119 e. The number of nitrogens with zero attached hydrogens (tertiary/aromatic N) is 2. The molecule has 0 amide bonds. The fourth-order valence-electron chi connectivity index (χ4n) is 4.00. The van der Waals surface area contributed by atoms with Gasteiger partial charge < -0.3 is 9.84 Å². The Bertz CT molecular complexity index is 764. The molecule has 150 valence electrons. The van der Waals surface area contributed by atoms with Crippen molar-refractivity contribution in [2.45, 2.75) is 25.6 Å². The summed E-state index contributed by atoms with van der Waals surface area (Å²) in [5.41, 5.74) is 4.10. The lowest BCUT2D eigenvalue weighted by molar-refractivity contribution is 0.0637. The van der Waals surface area contributed by atoms with Crippen molar-refractivity contribution in [3.05, 3.63) is 65.2 Å². The molecule has 0 aromatic heterocycles. The van der Waals surface area contributed by atoms with Gasteiger partial charge in [0.25, 0.3) is 0 Å². The third-order valence-electron chi connectivity index (χ3n) is 5.53. The molecule has 1 N–H and O–H groups in total. The van der Waals surface area contributed by atoms with E-state index in [2.05, 4.69) is 52.3 Å². The van der Waals surface area contributed by atoms with Crippen LogP contribution in [0.4, 0.5) is 0 Å². The molecular formula is C23H30N2O2S. The van der Waals surface area contributed by atoms with Crippen molar-refractivity contribution in [1.29, 1.82) is 0 Å². The van der Waals surface area contributed by atoms with Crippen LogP contribution in [0, 0.1) is 0 Å². The van der Waals surface area contributed by atoms with E-state index < -0.39 is 6.10 Å². The molecule has 28 heavy (non-hydrogen) atoms. The number of hydrogen-bond donors (Lipinski definition) is 1. The van der Waals surface area contributed by atoms with Crippen molar-refractivity contribution >= 4 is 11.8 Å². The van der Waals surface area contributed by atoms with E-state index in [9.17, 15) is 5.11 Å². The molecule has 0 spiro atoms. The number of aliphatic hydroxyl groups excluding tert-OH is 1. The van der Waals surface area contributed by atoms with Gasteiger partial charge in [0.2, 0.25) is 0 Å². The first kappa shape index (κ1) is 19.8. The first-order valence-corrected chi connectivity index (χ1v) is 11.4. The Hall–Kier alpha value is -1.53. The third-order valence-corrected chi connectivity index (χ3v) is 6.47. The predicted octanol–water partition coefficient (Wildman–Crippen LogP) is 3.03. The highest BCUT2D eigenvalue weighted by atomic mass is 32.2. The monoisotopic (exact) mass is 398 g/mol. The Balaban J connectivity index is 1.24. The molecule has 1 fully saturated rings. The summed E-state index contributed by atoms with van der Waals surface area (Å²) in [7, 11) is 0. The number of ether oxygens (including phenoxy) is 1. The van der Waals surface area contributed by atoms with Crippen molar-refractivity contribution in [1.82, 2.24) is 9.80 Å². The molecule has 2 aromatic carbocycles. The molecule has 0 aliphatic carbocycles. The third kappa shape index (κ3) is 5.51. The van der Waals surface area contributed by atoms with E-state index in [0.29, 0.717) is 13.2 Å². The minimum Gasteiger partial charge on any atom is -0.491 e. The summed E-state index contributed by atoms with van der Waals surface area (Å²) in [6.45, 7) is 6.20. The van der Waals surface area contributed by atoms with Gasteiger partial charge in [-0.3, -0.25) is 9.80 Å². The lowest BCUT2D eigenvalue weighted by Gasteiger charge is -2.30. The SMILES string of the molecule is OC(COc1cccc(CN2CCSCC2)c1)CN1CCc2ccccc2C1. The van der Waals surface area contributed by atoms with Crippen molar-refractivity contribution in [2.75, 3.05) is 44.3 Å². The maximum absolute atomic E-state index is 10.5. The molecule has 5 heteroatoms. The van der Waals surface area contributed by atoms with Crippen LogP contribution in [0.15, 0.2) is 48.5 Å². The second kappa shape index (κ2) is 9.79. The Morgan fingerprint density at radius 3 is 2.64 bits per heavy atom. The standard InChI is InChI=1S/C23H30N2O2S/c26-22(17-25-9-8-20-5-1-2-6-21(20)16-25)18-27-23-7-3-4-19(14-23)15-24-10-12-28-13-11-24/h1-7,14,22,26H,8-13,15-18H2. The van der Waals surface area contributed by atoms with E-state index in [1.165, 1.54) is 28.2 Å². The number of rotatable bonds is 7. The van der Waals surface area contributed by atoms with Gasteiger partial charge in [-0.05, 0) is 35.2 Å². The summed E-state index contributed by atoms with van der Waals surface area (Å²) < 4.78 is 5.91. The predicted molar refractivity (Wildman–Crippen MR) is 116 cm³/mol. The molecule has 2 aromatic rings. The minimum absolute atomic E-state index is 0.335. The van der Waals surface area contributed by atoms with Crippen LogP contribution < -0.4 is 4.74 Å². The minimum atomic E-state index is -0.479. The summed E-state index contributed by atoms with van der Waals surface area (Å²) >= 11 is 2.04. The number of aliphatic hydroxyl groups is 1. The molecule has 2 heterocycles. The summed E-state index contributed by atoms with van der Waals surface area (Å²) in [4.78, 5) is 4.82. The van der Waals surface area contributed by atoms with Crippen LogP contribution in [0.1, 0.15) is 16.7 Å². The fraction of sp³-hybridized carbons (Fsp3) is 0.478. The van der Waals surface area contributed by atoms with E-state index >= 15 is 0 Å². The Morgan fingerprint density at radius 1 is 0.964 bits per heavy atom. The summed E-state index contributed by atoms with van der Waals surface area (Å²) in [5, 5.41) is 10.5. The smallest absolute Gasteiger partial charge is 0.119 e. The van der Waals surface area contributed by atoms with Crippen LogP contribution >= 0.6 is 11.8 Å². The van der Waals surface area contributed by atoms with Gasteiger partial charge in [-0.2, -0.15) is 11.8 Å². The largest absolute Gasteiger partial charge is 0.491 e. The van der Waals surface area contributed by atoms with E-state index in [1.807, 2.05) is 17.8 Å². The quantitative estimate of drug-likeness (QED) is 0.776. The van der Waals surface area contributed by atoms with Gasteiger partial charge in [0, 0.05) is 50.8 Å². The highest BCUT2D eigenvalue weighted by molar-refractivity contribution is 7.99. The van der Waals surface area contributed by atoms with Crippen LogP contribution in [0.3, 0.4) is 0 Å².